The molecular formula is C20H22N6O2S. The Balaban J connectivity index is 1.90. The molecule has 8 nitrogen and oxygen atoms in total. The number of carbonyl (C=O) groups is 2. The minimum absolute atomic E-state index is 0.419. The molecule has 0 aliphatic carbocycles. The quantitative estimate of drug-likeness (QED) is 0.606. The molecule has 3 amide bonds. The number of thioether (sulfide) groups is 1. The van der Waals surface area contributed by atoms with Crippen molar-refractivity contribution in [3.63, 3.8) is 0 Å². The number of carbonyl (C=O) groups excluding carboxylic acids is 2. The average Bonchev–Trinajstić information content (AvgIpc) is 3.20. The fourth-order valence-corrected chi connectivity index (χ4v) is 3.66. The molecule has 1 atom stereocenters. The first-order valence-corrected chi connectivity index (χ1v) is 10.0. The Bertz CT molecular complexity index is 972. The van der Waals surface area contributed by atoms with Gasteiger partial charge in [-0.05, 0) is 39.6 Å². The highest BCUT2D eigenvalue weighted by Crippen LogP contribution is 2.35. The van der Waals surface area contributed by atoms with Crippen LogP contribution in [-0.4, -0.2) is 39.2 Å². The number of hydrogen-bond donors (Lipinski definition) is 2. The standard InChI is InChI=1S/C20H22N6O2S/c1-13(2)14-9-11-16(12-10-14)26-20(23-24-25-26)29-17(15-7-5-4-6-8-15)18(27)22-19(28)21-3/h4-13,17H,1-3H3,(H2,21,22,27,28)/t17-/m1/s1. The Morgan fingerprint density at radius 1 is 1.00 bits per heavy atom. The van der Waals surface area contributed by atoms with Crippen molar-refractivity contribution in [3.8, 4) is 5.69 Å². The molecule has 3 aromatic rings. The van der Waals surface area contributed by atoms with E-state index in [2.05, 4.69) is 40.0 Å². The molecule has 0 spiro atoms. The molecule has 0 aliphatic rings. The van der Waals surface area contributed by atoms with E-state index in [-0.39, 0.29) is 0 Å². The van der Waals surface area contributed by atoms with Gasteiger partial charge in [0.15, 0.2) is 0 Å². The molecule has 0 unspecified atom stereocenters. The van der Waals surface area contributed by atoms with Crippen molar-refractivity contribution in [1.82, 2.24) is 30.8 Å². The molecule has 1 aromatic heterocycles. The second-order valence-electron chi connectivity index (χ2n) is 6.60. The summed E-state index contributed by atoms with van der Waals surface area (Å²) >= 11 is 1.18. The minimum atomic E-state index is -0.701. The second-order valence-corrected chi connectivity index (χ2v) is 7.67. The Morgan fingerprint density at radius 3 is 2.31 bits per heavy atom. The maximum absolute atomic E-state index is 12.7. The maximum atomic E-state index is 12.7. The van der Waals surface area contributed by atoms with Crippen molar-refractivity contribution in [3.05, 3.63) is 65.7 Å². The molecule has 9 heteroatoms. The molecule has 0 radical (unpaired) electrons. The Kier molecular flexibility index (Phi) is 6.61. The summed E-state index contributed by atoms with van der Waals surface area (Å²) in [7, 11) is 1.45. The number of aromatic nitrogens is 4. The van der Waals surface area contributed by atoms with Crippen molar-refractivity contribution >= 4 is 23.7 Å². The van der Waals surface area contributed by atoms with Crippen LogP contribution in [0.2, 0.25) is 0 Å². The largest absolute Gasteiger partial charge is 0.341 e. The number of rotatable bonds is 6. The van der Waals surface area contributed by atoms with Crippen LogP contribution >= 0.6 is 11.8 Å². The summed E-state index contributed by atoms with van der Waals surface area (Å²) in [5.41, 5.74) is 2.74. The number of imide groups is 1. The van der Waals surface area contributed by atoms with Crippen LogP contribution in [0.5, 0.6) is 0 Å². The monoisotopic (exact) mass is 410 g/mol. The van der Waals surface area contributed by atoms with Crippen molar-refractivity contribution in [2.24, 2.45) is 0 Å². The Morgan fingerprint density at radius 2 is 1.69 bits per heavy atom. The van der Waals surface area contributed by atoms with Gasteiger partial charge < -0.3 is 5.32 Å². The molecule has 1 heterocycles. The lowest BCUT2D eigenvalue weighted by molar-refractivity contribution is -0.119. The summed E-state index contributed by atoms with van der Waals surface area (Å²) in [6.07, 6.45) is 0. The van der Waals surface area contributed by atoms with Crippen LogP contribution in [0, 0.1) is 0 Å². The number of urea groups is 1. The lowest BCUT2D eigenvalue weighted by atomic mass is 10.0. The first kappa shape index (κ1) is 20.5. The highest BCUT2D eigenvalue weighted by molar-refractivity contribution is 8.00. The number of amides is 3. The van der Waals surface area contributed by atoms with E-state index in [0.29, 0.717) is 11.1 Å². The van der Waals surface area contributed by atoms with Crippen LogP contribution in [0.15, 0.2) is 59.8 Å². The topological polar surface area (TPSA) is 102 Å². The molecule has 29 heavy (non-hydrogen) atoms. The average molecular weight is 411 g/mol. The highest BCUT2D eigenvalue weighted by atomic mass is 32.2. The van der Waals surface area contributed by atoms with E-state index in [1.54, 1.807) is 4.68 Å². The van der Waals surface area contributed by atoms with E-state index >= 15 is 0 Å². The van der Waals surface area contributed by atoms with E-state index in [1.807, 2.05) is 54.6 Å². The lowest BCUT2D eigenvalue weighted by Gasteiger charge is -2.16. The summed E-state index contributed by atoms with van der Waals surface area (Å²) in [6, 6.07) is 16.6. The highest BCUT2D eigenvalue weighted by Gasteiger charge is 2.26. The molecule has 0 saturated heterocycles. The van der Waals surface area contributed by atoms with Crippen molar-refractivity contribution in [2.75, 3.05) is 7.05 Å². The van der Waals surface area contributed by atoms with Crippen molar-refractivity contribution in [2.45, 2.75) is 30.2 Å². The van der Waals surface area contributed by atoms with Gasteiger partial charge in [-0.1, -0.05) is 68.1 Å². The normalized spacial score (nSPS) is 11.9. The van der Waals surface area contributed by atoms with E-state index in [0.717, 1.165) is 11.3 Å². The third-order valence-corrected chi connectivity index (χ3v) is 5.46. The zero-order valence-corrected chi connectivity index (χ0v) is 17.2. The van der Waals surface area contributed by atoms with Gasteiger partial charge >= 0.3 is 6.03 Å². The maximum Gasteiger partial charge on any atom is 0.321 e. The summed E-state index contributed by atoms with van der Waals surface area (Å²) < 4.78 is 1.58. The summed E-state index contributed by atoms with van der Waals surface area (Å²) in [6.45, 7) is 4.26. The van der Waals surface area contributed by atoms with Crippen molar-refractivity contribution < 1.29 is 9.59 Å². The second kappa shape index (κ2) is 9.33. The molecule has 0 aliphatic heterocycles. The zero-order chi connectivity index (χ0) is 20.8. The van der Waals surface area contributed by atoms with Crippen LogP contribution in [-0.2, 0) is 4.79 Å². The van der Waals surface area contributed by atoms with Crippen molar-refractivity contribution in [1.29, 1.82) is 0 Å². The summed E-state index contributed by atoms with van der Waals surface area (Å²) in [5.74, 6) is -0.0344. The fraction of sp³-hybridized carbons (Fsp3) is 0.250. The third-order valence-electron chi connectivity index (χ3n) is 4.27. The molecule has 2 N–H and O–H groups in total. The van der Waals surface area contributed by atoms with Gasteiger partial charge in [-0.3, -0.25) is 10.1 Å². The first-order chi connectivity index (χ1) is 14.0. The van der Waals surface area contributed by atoms with E-state index < -0.39 is 17.2 Å². The predicted molar refractivity (Wildman–Crippen MR) is 111 cm³/mol. The smallest absolute Gasteiger partial charge is 0.321 e. The van der Waals surface area contributed by atoms with Crippen LogP contribution < -0.4 is 10.6 Å². The van der Waals surface area contributed by atoms with Gasteiger partial charge in [0.05, 0.1) is 5.69 Å². The van der Waals surface area contributed by atoms with Gasteiger partial charge in [-0.15, -0.1) is 5.10 Å². The van der Waals surface area contributed by atoms with Gasteiger partial charge in [0, 0.05) is 7.05 Å². The molecule has 0 bridgehead atoms. The molecule has 3 rings (SSSR count). The van der Waals surface area contributed by atoms with E-state index in [9.17, 15) is 9.59 Å². The molecule has 0 fully saturated rings. The number of hydrogen-bond acceptors (Lipinski definition) is 6. The lowest BCUT2D eigenvalue weighted by Crippen LogP contribution is -2.39. The Hall–Kier alpha value is -3.20. The summed E-state index contributed by atoms with van der Waals surface area (Å²) in [5, 5.41) is 16.4. The molecule has 150 valence electrons. The van der Waals surface area contributed by atoms with Gasteiger partial charge in [-0.25, -0.2) is 4.79 Å². The molecule has 0 saturated carbocycles. The van der Waals surface area contributed by atoms with Crippen LogP contribution in [0.1, 0.15) is 36.1 Å². The minimum Gasteiger partial charge on any atom is -0.341 e. The van der Waals surface area contributed by atoms with Gasteiger partial charge in [0.2, 0.25) is 11.1 Å². The zero-order valence-electron chi connectivity index (χ0n) is 16.4. The number of nitrogens with zero attached hydrogens (tertiary/aromatic N) is 4. The molecule has 2 aromatic carbocycles. The van der Waals surface area contributed by atoms with E-state index in [1.165, 1.54) is 24.4 Å². The SMILES string of the molecule is CNC(=O)NC(=O)[C@H](Sc1nnnn1-c1ccc(C(C)C)cc1)c1ccccc1. The van der Waals surface area contributed by atoms with Gasteiger partial charge in [0.25, 0.3) is 0 Å². The summed E-state index contributed by atoms with van der Waals surface area (Å²) in [4.78, 5) is 24.4. The Labute approximate surface area is 173 Å². The first-order valence-electron chi connectivity index (χ1n) is 9.12. The number of nitrogens with one attached hydrogen (secondary N) is 2. The van der Waals surface area contributed by atoms with E-state index in [4.69, 9.17) is 0 Å². The fourth-order valence-electron chi connectivity index (χ4n) is 2.66. The van der Waals surface area contributed by atoms with Crippen LogP contribution in [0.4, 0.5) is 4.79 Å². The number of benzene rings is 2. The van der Waals surface area contributed by atoms with Crippen LogP contribution in [0.3, 0.4) is 0 Å². The van der Waals surface area contributed by atoms with Gasteiger partial charge in [-0.2, -0.15) is 4.68 Å². The van der Waals surface area contributed by atoms with Gasteiger partial charge in [0.1, 0.15) is 5.25 Å². The third kappa shape index (κ3) is 5.00. The number of tetrazole rings is 1. The van der Waals surface area contributed by atoms with Crippen LogP contribution in [0.25, 0.3) is 5.69 Å². The predicted octanol–water partition coefficient (Wildman–Crippen LogP) is 3.07. The molecular weight excluding hydrogens is 388 g/mol.